The molecule has 154 valence electrons. The van der Waals surface area contributed by atoms with E-state index in [2.05, 4.69) is 15.4 Å². The molecular weight excluding hydrogens is 413 g/mol. The summed E-state index contributed by atoms with van der Waals surface area (Å²) >= 11 is 6.21. The van der Waals surface area contributed by atoms with Gasteiger partial charge in [0.05, 0.1) is 30.0 Å². The number of pyridine rings is 1. The highest BCUT2D eigenvalue weighted by molar-refractivity contribution is 6.32. The number of nitrogens with one attached hydrogen (secondary N) is 1. The third-order valence-corrected chi connectivity index (χ3v) is 4.83. The van der Waals surface area contributed by atoms with E-state index in [1.807, 2.05) is 6.07 Å². The number of carbonyl (C=O) groups excluding carboxylic acids is 2. The maximum absolute atomic E-state index is 14.9. The van der Waals surface area contributed by atoms with Crippen LogP contribution in [-0.4, -0.2) is 46.0 Å². The first-order valence-corrected chi connectivity index (χ1v) is 9.49. The van der Waals surface area contributed by atoms with Crippen LogP contribution < -0.4 is 10.2 Å². The molecule has 1 aromatic carbocycles. The number of carbonyl (C=O) groups is 2. The van der Waals surface area contributed by atoms with Gasteiger partial charge in [-0.15, -0.1) is 0 Å². The molecule has 1 atom stereocenters. The van der Waals surface area contributed by atoms with Crippen molar-refractivity contribution >= 4 is 29.3 Å². The average Bonchev–Trinajstić information content (AvgIpc) is 3.29. The maximum Gasteiger partial charge on any atom is 0.414 e. The van der Waals surface area contributed by atoms with Crippen molar-refractivity contribution in [2.24, 2.45) is 0 Å². The summed E-state index contributed by atoms with van der Waals surface area (Å²) in [5.41, 5.74) is 1.71. The Morgan fingerprint density at radius 2 is 2.20 bits per heavy atom. The second-order valence-corrected chi connectivity index (χ2v) is 7.04. The molecule has 4 rings (SSSR count). The zero-order chi connectivity index (χ0) is 21.3. The predicted molar refractivity (Wildman–Crippen MR) is 108 cm³/mol. The van der Waals surface area contributed by atoms with E-state index in [4.69, 9.17) is 16.3 Å². The van der Waals surface area contributed by atoms with Crippen molar-refractivity contribution in [1.29, 1.82) is 0 Å². The number of aromatic nitrogens is 3. The number of amides is 2. The van der Waals surface area contributed by atoms with Gasteiger partial charge >= 0.3 is 6.09 Å². The fourth-order valence-corrected chi connectivity index (χ4v) is 3.34. The topological polar surface area (TPSA) is 89.4 Å². The molecule has 0 bridgehead atoms. The molecule has 10 heteroatoms. The number of nitrogens with zero attached hydrogens (tertiary/aromatic N) is 4. The third-order valence-electron chi connectivity index (χ3n) is 4.55. The van der Waals surface area contributed by atoms with Crippen LogP contribution in [0, 0.1) is 5.82 Å². The maximum atomic E-state index is 14.9. The average molecular weight is 430 g/mol. The molecule has 0 spiro atoms. The standard InChI is InChI=1S/C20H17ClFN5O3/c1-12(28)24-9-14-10-26(20(29)30-14)13-5-6-18(16(22)8-13)27-11-15(19(21)25-27)17-4-2-3-7-23-17/h2-8,11,14H,9-10H2,1H3,(H,24,28)/t14-/m0/s1. The first-order chi connectivity index (χ1) is 14.4. The Hall–Kier alpha value is -3.46. The smallest absolute Gasteiger partial charge is 0.414 e. The van der Waals surface area contributed by atoms with E-state index in [9.17, 15) is 14.0 Å². The van der Waals surface area contributed by atoms with Crippen molar-refractivity contribution in [3.05, 3.63) is 59.8 Å². The highest BCUT2D eigenvalue weighted by Gasteiger charge is 2.32. The van der Waals surface area contributed by atoms with Gasteiger partial charge in [0, 0.05) is 19.3 Å². The first-order valence-electron chi connectivity index (χ1n) is 9.11. The number of rotatable bonds is 5. The van der Waals surface area contributed by atoms with Gasteiger partial charge in [0.25, 0.3) is 0 Å². The number of benzene rings is 1. The van der Waals surface area contributed by atoms with Gasteiger partial charge in [-0.2, -0.15) is 5.10 Å². The Morgan fingerprint density at radius 1 is 1.37 bits per heavy atom. The minimum absolute atomic E-state index is 0.171. The molecule has 0 saturated carbocycles. The molecule has 1 N–H and O–H groups in total. The van der Waals surface area contributed by atoms with E-state index in [-0.39, 0.29) is 29.8 Å². The summed E-state index contributed by atoms with van der Waals surface area (Å²) in [4.78, 5) is 28.7. The molecule has 3 heterocycles. The zero-order valence-corrected chi connectivity index (χ0v) is 16.6. The van der Waals surface area contributed by atoms with Crippen molar-refractivity contribution in [2.75, 3.05) is 18.0 Å². The Bertz CT molecular complexity index is 1110. The number of halogens is 2. The zero-order valence-electron chi connectivity index (χ0n) is 15.9. The number of hydrogen-bond donors (Lipinski definition) is 1. The van der Waals surface area contributed by atoms with E-state index in [1.165, 1.54) is 28.6 Å². The molecule has 3 aromatic rings. The normalized spacial score (nSPS) is 15.9. The summed E-state index contributed by atoms with van der Waals surface area (Å²) in [6.07, 6.45) is 2.12. The number of cyclic esters (lactones) is 1. The second kappa shape index (κ2) is 8.11. The number of hydrogen-bond acceptors (Lipinski definition) is 5. The summed E-state index contributed by atoms with van der Waals surface area (Å²) in [7, 11) is 0. The molecule has 1 fully saturated rings. The number of ether oxygens (including phenoxy) is 1. The van der Waals surface area contributed by atoms with Crippen LogP contribution in [-0.2, 0) is 9.53 Å². The summed E-state index contributed by atoms with van der Waals surface area (Å²) in [5, 5.41) is 6.96. The highest BCUT2D eigenvalue weighted by Crippen LogP contribution is 2.29. The summed E-state index contributed by atoms with van der Waals surface area (Å²) in [6, 6.07) is 9.71. The Morgan fingerprint density at radius 3 is 2.90 bits per heavy atom. The largest absolute Gasteiger partial charge is 0.442 e. The molecular formula is C20H17ClFN5O3. The van der Waals surface area contributed by atoms with Crippen molar-refractivity contribution in [2.45, 2.75) is 13.0 Å². The molecule has 1 saturated heterocycles. The lowest BCUT2D eigenvalue weighted by atomic mass is 10.2. The van der Waals surface area contributed by atoms with Crippen LogP contribution in [0.5, 0.6) is 0 Å². The van der Waals surface area contributed by atoms with E-state index < -0.39 is 18.0 Å². The van der Waals surface area contributed by atoms with Gasteiger partial charge in [0.2, 0.25) is 5.91 Å². The fraction of sp³-hybridized carbons (Fsp3) is 0.200. The lowest BCUT2D eigenvalue weighted by Crippen LogP contribution is -2.33. The Kier molecular flexibility index (Phi) is 5.37. The molecule has 0 unspecified atom stereocenters. The van der Waals surface area contributed by atoms with Gasteiger partial charge in [-0.3, -0.25) is 14.7 Å². The molecule has 1 aliphatic rings. The summed E-state index contributed by atoms with van der Waals surface area (Å²) in [5.74, 6) is -0.805. The lowest BCUT2D eigenvalue weighted by molar-refractivity contribution is -0.119. The molecule has 2 aromatic heterocycles. The predicted octanol–water partition coefficient (Wildman–Crippen LogP) is 3.19. The Labute approximate surface area is 176 Å². The number of anilines is 1. The van der Waals surface area contributed by atoms with Crippen LogP contribution in [0.3, 0.4) is 0 Å². The monoisotopic (exact) mass is 429 g/mol. The van der Waals surface area contributed by atoms with Crippen molar-refractivity contribution in [1.82, 2.24) is 20.1 Å². The van der Waals surface area contributed by atoms with Crippen molar-refractivity contribution in [3.63, 3.8) is 0 Å². The highest BCUT2D eigenvalue weighted by atomic mass is 35.5. The van der Waals surface area contributed by atoms with Crippen LogP contribution in [0.25, 0.3) is 16.9 Å². The molecule has 0 radical (unpaired) electrons. The fourth-order valence-electron chi connectivity index (χ4n) is 3.12. The van der Waals surface area contributed by atoms with Crippen molar-refractivity contribution in [3.8, 4) is 16.9 Å². The summed E-state index contributed by atoms with van der Waals surface area (Å²) < 4.78 is 21.4. The van der Waals surface area contributed by atoms with Gasteiger partial charge in [-0.05, 0) is 30.3 Å². The molecule has 30 heavy (non-hydrogen) atoms. The minimum atomic E-state index is -0.600. The Balaban J connectivity index is 1.56. The lowest BCUT2D eigenvalue weighted by Gasteiger charge is -2.14. The minimum Gasteiger partial charge on any atom is -0.442 e. The second-order valence-electron chi connectivity index (χ2n) is 6.68. The van der Waals surface area contributed by atoms with Crippen LogP contribution in [0.15, 0.2) is 48.8 Å². The van der Waals surface area contributed by atoms with Gasteiger partial charge < -0.3 is 10.1 Å². The van der Waals surface area contributed by atoms with Crippen LogP contribution in [0.1, 0.15) is 6.92 Å². The SMILES string of the molecule is CC(=O)NC[C@H]1CN(c2ccc(-n3cc(-c4ccccn4)c(Cl)n3)c(F)c2)C(=O)O1. The van der Waals surface area contributed by atoms with E-state index in [0.29, 0.717) is 16.9 Å². The van der Waals surface area contributed by atoms with Gasteiger partial charge in [-0.1, -0.05) is 17.7 Å². The molecule has 0 aliphatic carbocycles. The molecule has 1 aliphatic heterocycles. The van der Waals surface area contributed by atoms with E-state index in [0.717, 1.165) is 0 Å². The summed E-state index contributed by atoms with van der Waals surface area (Å²) in [6.45, 7) is 1.78. The van der Waals surface area contributed by atoms with E-state index >= 15 is 0 Å². The van der Waals surface area contributed by atoms with Gasteiger partial charge in [0.15, 0.2) is 11.0 Å². The van der Waals surface area contributed by atoms with Crippen LogP contribution in [0.2, 0.25) is 5.15 Å². The van der Waals surface area contributed by atoms with Crippen molar-refractivity contribution < 1.29 is 18.7 Å². The van der Waals surface area contributed by atoms with Gasteiger partial charge in [0.1, 0.15) is 11.8 Å². The van der Waals surface area contributed by atoms with Crippen LogP contribution in [0.4, 0.5) is 14.9 Å². The quantitative estimate of drug-likeness (QED) is 0.672. The first kappa shape index (κ1) is 19.8. The van der Waals surface area contributed by atoms with E-state index in [1.54, 1.807) is 30.6 Å². The third kappa shape index (κ3) is 3.97. The van der Waals surface area contributed by atoms with Gasteiger partial charge in [-0.25, -0.2) is 13.9 Å². The molecule has 8 nitrogen and oxygen atoms in total. The van der Waals surface area contributed by atoms with Crippen LogP contribution >= 0.6 is 11.6 Å². The molecule has 2 amide bonds.